The Morgan fingerprint density at radius 2 is 2.19 bits per heavy atom. The van der Waals surface area contributed by atoms with Crippen molar-refractivity contribution in [1.29, 1.82) is 0 Å². The molecule has 1 heterocycles. The predicted molar refractivity (Wildman–Crippen MR) is 67.0 cm³/mol. The third-order valence-electron chi connectivity index (χ3n) is 3.36. The second-order valence-electron chi connectivity index (χ2n) is 4.70. The van der Waals surface area contributed by atoms with E-state index in [1.807, 2.05) is 13.0 Å². The highest BCUT2D eigenvalue weighted by Crippen LogP contribution is 2.32. The Balaban J connectivity index is 2.16. The quantitative estimate of drug-likeness (QED) is 0.844. The van der Waals surface area contributed by atoms with E-state index in [4.69, 9.17) is 4.74 Å². The minimum atomic E-state index is 0.562. The van der Waals surface area contributed by atoms with Crippen molar-refractivity contribution in [2.24, 2.45) is 0 Å². The van der Waals surface area contributed by atoms with Gasteiger partial charge in [-0.2, -0.15) is 0 Å². The Bertz CT molecular complexity index is 350. The number of hydrogen-bond donors (Lipinski definition) is 1. The zero-order valence-electron chi connectivity index (χ0n) is 10.4. The van der Waals surface area contributed by atoms with Crippen molar-refractivity contribution in [1.82, 2.24) is 5.32 Å². The molecule has 1 aromatic rings. The lowest BCUT2D eigenvalue weighted by Crippen LogP contribution is -2.26. The molecule has 1 saturated heterocycles. The number of hydrogen-bond acceptors (Lipinski definition) is 2. The molecule has 1 aromatic carbocycles. The van der Waals surface area contributed by atoms with Crippen molar-refractivity contribution >= 4 is 0 Å². The van der Waals surface area contributed by atoms with E-state index in [0.717, 1.165) is 12.4 Å². The first-order chi connectivity index (χ1) is 7.70. The lowest BCUT2D eigenvalue weighted by Gasteiger charge is -2.16. The Morgan fingerprint density at radius 3 is 2.81 bits per heavy atom. The normalized spacial score (nSPS) is 29.3. The Morgan fingerprint density at radius 1 is 1.38 bits per heavy atom. The maximum Gasteiger partial charge on any atom is 0.119 e. The third-order valence-corrected chi connectivity index (χ3v) is 3.36. The molecule has 1 N–H and O–H groups in total. The minimum absolute atomic E-state index is 0.562. The van der Waals surface area contributed by atoms with E-state index in [1.54, 1.807) is 0 Å². The summed E-state index contributed by atoms with van der Waals surface area (Å²) in [5.41, 5.74) is 1.40. The SMILES string of the molecule is CCOc1cccc(C2CC(C)NC2C)c1. The smallest absolute Gasteiger partial charge is 0.119 e. The van der Waals surface area contributed by atoms with Gasteiger partial charge in [-0.15, -0.1) is 0 Å². The summed E-state index contributed by atoms with van der Waals surface area (Å²) in [6.45, 7) is 7.28. The predicted octanol–water partition coefficient (Wildman–Crippen LogP) is 2.94. The highest BCUT2D eigenvalue weighted by Gasteiger charge is 2.29. The topological polar surface area (TPSA) is 21.3 Å². The zero-order valence-corrected chi connectivity index (χ0v) is 10.4. The van der Waals surface area contributed by atoms with Gasteiger partial charge in [-0.1, -0.05) is 12.1 Å². The van der Waals surface area contributed by atoms with E-state index in [-0.39, 0.29) is 0 Å². The lowest BCUT2D eigenvalue weighted by atomic mass is 9.92. The second-order valence-corrected chi connectivity index (χ2v) is 4.70. The summed E-state index contributed by atoms with van der Waals surface area (Å²) in [5, 5.41) is 3.58. The maximum absolute atomic E-state index is 5.55. The van der Waals surface area contributed by atoms with Crippen molar-refractivity contribution in [2.75, 3.05) is 6.61 Å². The molecule has 0 aliphatic carbocycles. The average Bonchev–Trinajstić information content (AvgIpc) is 2.59. The highest BCUT2D eigenvalue weighted by atomic mass is 16.5. The Hall–Kier alpha value is -1.02. The summed E-state index contributed by atoms with van der Waals surface area (Å²) < 4.78 is 5.55. The summed E-state index contributed by atoms with van der Waals surface area (Å²) in [5.74, 6) is 1.61. The van der Waals surface area contributed by atoms with Crippen LogP contribution in [0.15, 0.2) is 24.3 Å². The molecule has 2 rings (SSSR count). The molecule has 3 atom stereocenters. The molecule has 0 amide bonds. The molecule has 2 nitrogen and oxygen atoms in total. The fourth-order valence-electron chi connectivity index (χ4n) is 2.64. The van der Waals surface area contributed by atoms with E-state index in [0.29, 0.717) is 18.0 Å². The van der Waals surface area contributed by atoms with Crippen LogP contribution < -0.4 is 10.1 Å². The van der Waals surface area contributed by atoms with Crippen molar-refractivity contribution in [3.63, 3.8) is 0 Å². The molecule has 88 valence electrons. The molecule has 0 radical (unpaired) electrons. The number of nitrogens with one attached hydrogen (secondary N) is 1. The third kappa shape index (κ3) is 2.38. The standard InChI is InChI=1S/C14H21NO/c1-4-16-13-7-5-6-12(9-13)14-8-10(2)15-11(14)3/h5-7,9-11,14-15H,4,8H2,1-3H3. The van der Waals surface area contributed by atoms with Crippen LogP contribution in [0.25, 0.3) is 0 Å². The highest BCUT2D eigenvalue weighted by molar-refractivity contribution is 5.32. The minimum Gasteiger partial charge on any atom is -0.494 e. The maximum atomic E-state index is 5.55. The van der Waals surface area contributed by atoms with Gasteiger partial charge in [0.05, 0.1) is 6.61 Å². The zero-order chi connectivity index (χ0) is 11.5. The number of benzene rings is 1. The van der Waals surface area contributed by atoms with E-state index in [2.05, 4.69) is 37.4 Å². The number of rotatable bonds is 3. The van der Waals surface area contributed by atoms with Crippen LogP contribution in [0.4, 0.5) is 0 Å². The van der Waals surface area contributed by atoms with Crippen LogP contribution in [-0.4, -0.2) is 18.7 Å². The monoisotopic (exact) mass is 219 g/mol. The molecule has 2 heteroatoms. The van der Waals surface area contributed by atoms with Crippen LogP contribution in [0, 0.1) is 0 Å². The van der Waals surface area contributed by atoms with Crippen molar-refractivity contribution in [2.45, 2.75) is 45.2 Å². The molecular formula is C14H21NO. The van der Waals surface area contributed by atoms with Crippen LogP contribution in [0.1, 0.15) is 38.7 Å². The molecule has 0 saturated carbocycles. The van der Waals surface area contributed by atoms with Crippen LogP contribution >= 0.6 is 0 Å². The van der Waals surface area contributed by atoms with Crippen molar-refractivity contribution in [3.8, 4) is 5.75 Å². The molecular weight excluding hydrogens is 198 g/mol. The van der Waals surface area contributed by atoms with Crippen LogP contribution in [0.2, 0.25) is 0 Å². The largest absolute Gasteiger partial charge is 0.494 e. The fourth-order valence-corrected chi connectivity index (χ4v) is 2.64. The molecule has 0 bridgehead atoms. The van der Waals surface area contributed by atoms with Gasteiger partial charge in [-0.3, -0.25) is 0 Å². The van der Waals surface area contributed by atoms with Crippen molar-refractivity contribution < 1.29 is 4.74 Å². The summed E-state index contributed by atoms with van der Waals surface area (Å²) in [7, 11) is 0. The molecule has 0 aromatic heterocycles. The Kier molecular flexibility index (Phi) is 3.49. The van der Waals surface area contributed by atoms with Gasteiger partial charge in [0.15, 0.2) is 0 Å². The molecule has 3 unspecified atom stereocenters. The molecule has 0 spiro atoms. The lowest BCUT2D eigenvalue weighted by molar-refractivity contribution is 0.339. The summed E-state index contributed by atoms with van der Waals surface area (Å²) in [6.07, 6.45) is 1.22. The molecule has 16 heavy (non-hydrogen) atoms. The van der Waals surface area contributed by atoms with Gasteiger partial charge in [0.2, 0.25) is 0 Å². The average molecular weight is 219 g/mol. The van der Waals surface area contributed by atoms with Gasteiger partial charge in [0.1, 0.15) is 5.75 Å². The van der Waals surface area contributed by atoms with Gasteiger partial charge in [0.25, 0.3) is 0 Å². The summed E-state index contributed by atoms with van der Waals surface area (Å²) in [4.78, 5) is 0. The number of ether oxygens (including phenoxy) is 1. The van der Waals surface area contributed by atoms with Gasteiger partial charge < -0.3 is 10.1 Å². The molecule has 1 aliphatic rings. The van der Waals surface area contributed by atoms with Gasteiger partial charge in [0, 0.05) is 18.0 Å². The van der Waals surface area contributed by atoms with Crippen LogP contribution in [0.5, 0.6) is 5.75 Å². The van der Waals surface area contributed by atoms with Crippen LogP contribution in [0.3, 0.4) is 0 Å². The van der Waals surface area contributed by atoms with Crippen LogP contribution in [-0.2, 0) is 0 Å². The van der Waals surface area contributed by atoms with E-state index in [1.165, 1.54) is 12.0 Å². The summed E-state index contributed by atoms with van der Waals surface area (Å²) in [6, 6.07) is 9.70. The summed E-state index contributed by atoms with van der Waals surface area (Å²) >= 11 is 0. The van der Waals surface area contributed by atoms with E-state index >= 15 is 0 Å². The Labute approximate surface area is 98.0 Å². The first-order valence-electron chi connectivity index (χ1n) is 6.19. The fraction of sp³-hybridized carbons (Fsp3) is 0.571. The van der Waals surface area contributed by atoms with E-state index < -0.39 is 0 Å². The van der Waals surface area contributed by atoms with Gasteiger partial charge in [-0.05, 0) is 44.9 Å². The first kappa shape index (κ1) is 11.5. The molecule has 1 aliphatic heterocycles. The van der Waals surface area contributed by atoms with Gasteiger partial charge >= 0.3 is 0 Å². The van der Waals surface area contributed by atoms with Gasteiger partial charge in [-0.25, -0.2) is 0 Å². The molecule has 1 fully saturated rings. The second kappa shape index (κ2) is 4.88. The first-order valence-corrected chi connectivity index (χ1v) is 6.19. The van der Waals surface area contributed by atoms with Crippen molar-refractivity contribution in [3.05, 3.63) is 29.8 Å². The van der Waals surface area contributed by atoms with E-state index in [9.17, 15) is 0 Å².